The number of esters is 1. The summed E-state index contributed by atoms with van der Waals surface area (Å²) in [5, 5.41) is 2.92. The van der Waals surface area contributed by atoms with Crippen LogP contribution in [0.3, 0.4) is 0 Å². The minimum absolute atomic E-state index is 0.0413. The number of hydrogen-bond acceptors (Lipinski definition) is 6. The molecule has 0 spiro atoms. The summed E-state index contributed by atoms with van der Waals surface area (Å²) < 4.78 is 34.1. The molecule has 1 aliphatic heterocycles. The van der Waals surface area contributed by atoms with E-state index in [4.69, 9.17) is 4.98 Å². The molecule has 2 heterocycles. The highest BCUT2D eigenvalue weighted by atomic mass is 32.2. The molecule has 34 heavy (non-hydrogen) atoms. The number of rotatable bonds is 13. The third-order valence-electron chi connectivity index (χ3n) is 6.13. The summed E-state index contributed by atoms with van der Waals surface area (Å²) >= 11 is 0. The third kappa shape index (κ3) is 6.56. The second kappa shape index (κ2) is 12.3. The molecule has 1 aromatic carbocycles. The van der Waals surface area contributed by atoms with Crippen LogP contribution in [0.5, 0.6) is 0 Å². The first-order valence-corrected chi connectivity index (χ1v) is 13.6. The highest BCUT2D eigenvalue weighted by Crippen LogP contribution is 2.25. The van der Waals surface area contributed by atoms with E-state index >= 15 is 0 Å². The normalized spacial score (nSPS) is 14.5. The lowest BCUT2D eigenvalue weighted by molar-refractivity contribution is -0.140. The van der Waals surface area contributed by atoms with Gasteiger partial charge in [-0.3, -0.25) is 9.59 Å². The van der Waals surface area contributed by atoms with Crippen molar-refractivity contribution >= 4 is 32.9 Å². The smallest absolute Gasteiger partial charge is 0.305 e. The zero-order chi connectivity index (χ0) is 24.6. The summed E-state index contributed by atoms with van der Waals surface area (Å²) in [4.78, 5) is 28.4. The number of benzene rings is 1. The molecule has 1 aromatic heterocycles. The summed E-state index contributed by atoms with van der Waals surface area (Å²) in [6.07, 6.45) is 6.31. The predicted molar refractivity (Wildman–Crippen MR) is 130 cm³/mol. The van der Waals surface area contributed by atoms with Gasteiger partial charge in [0.25, 0.3) is 0 Å². The number of carbonyl (C=O) groups is 2. The van der Waals surface area contributed by atoms with Crippen LogP contribution in [0.1, 0.15) is 64.1 Å². The number of fused-ring (bicyclic) bond motifs is 1. The molecule has 1 aliphatic rings. The summed E-state index contributed by atoms with van der Waals surface area (Å²) in [6.45, 7) is 4.54. The second-order valence-electron chi connectivity index (χ2n) is 8.68. The molecule has 0 atom stereocenters. The standard InChI is InChI=1S/C24H36N4O5S/c1-3-15-28-21-11-10-19(34(31,32)27-16-7-8-17-27)18-20(21)26-22(28)12-13-23(29)25-14-6-4-5-9-24(30)33-2/h10-11,18H,3-9,12-17H2,1-2H3,(H,25,29). The van der Waals surface area contributed by atoms with E-state index in [0.717, 1.165) is 56.4 Å². The van der Waals surface area contributed by atoms with Gasteiger partial charge in [-0.1, -0.05) is 13.3 Å². The number of nitrogens with one attached hydrogen (secondary N) is 1. The lowest BCUT2D eigenvalue weighted by Gasteiger charge is -2.15. The van der Waals surface area contributed by atoms with Crippen molar-refractivity contribution in [3.8, 4) is 0 Å². The van der Waals surface area contributed by atoms with Crippen LogP contribution in [0, 0.1) is 0 Å². The minimum atomic E-state index is -3.50. The molecular formula is C24H36N4O5S. The molecule has 9 nitrogen and oxygen atoms in total. The zero-order valence-electron chi connectivity index (χ0n) is 20.2. The maximum atomic E-state index is 12.9. The van der Waals surface area contributed by atoms with E-state index in [0.29, 0.717) is 44.4 Å². The van der Waals surface area contributed by atoms with Gasteiger partial charge in [-0.15, -0.1) is 0 Å². The number of methoxy groups -OCH3 is 1. The van der Waals surface area contributed by atoms with Gasteiger partial charge < -0.3 is 14.6 Å². The van der Waals surface area contributed by atoms with Crippen molar-refractivity contribution in [2.45, 2.75) is 76.2 Å². The van der Waals surface area contributed by atoms with Crippen molar-refractivity contribution in [2.24, 2.45) is 0 Å². The predicted octanol–water partition coefficient (Wildman–Crippen LogP) is 3.01. The van der Waals surface area contributed by atoms with E-state index in [2.05, 4.69) is 21.5 Å². The Morgan fingerprint density at radius 2 is 1.88 bits per heavy atom. The SMILES string of the molecule is CCCn1c(CCC(=O)NCCCCCC(=O)OC)nc2cc(S(=O)(=O)N3CCCC3)ccc21. The van der Waals surface area contributed by atoms with Crippen molar-refractivity contribution in [1.82, 2.24) is 19.2 Å². The summed E-state index contributed by atoms with van der Waals surface area (Å²) in [6, 6.07) is 5.16. The quantitative estimate of drug-likeness (QED) is 0.340. The second-order valence-corrected chi connectivity index (χ2v) is 10.6. The first-order valence-electron chi connectivity index (χ1n) is 12.2. The van der Waals surface area contributed by atoms with Gasteiger partial charge in [0.05, 0.1) is 23.0 Å². The Kier molecular flexibility index (Phi) is 9.46. The number of imidazole rings is 1. The average Bonchev–Trinajstić information content (AvgIpc) is 3.49. The first-order chi connectivity index (χ1) is 16.4. The maximum Gasteiger partial charge on any atom is 0.305 e. The van der Waals surface area contributed by atoms with Crippen LogP contribution in [-0.4, -0.2) is 60.9 Å². The van der Waals surface area contributed by atoms with Crippen LogP contribution in [-0.2, 0) is 37.3 Å². The number of sulfonamides is 1. The van der Waals surface area contributed by atoms with E-state index in [1.165, 1.54) is 11.4 Å². The van der Waals surface area contributed by atoms with Gasteiger partial charge in [0.1, 0.15) is 5.82 Å². The van der Waals surface area contributed by atoms with Crippen LogP contribution in [0.2, 0.25) is 0 Å². The maximum absolute atomic E-state index is 12.9. The van der Waals surface area contributed by atoms with E-state index < -0.39 is 10.0 Å². The first kappa shape index (κ1) is 26.2. The highest BCUT2D eigenvalue weighted by Gasteiger charge is 2.27. The highest BCUT2D eigenvalue weighted by molar-refractivity contribution is 7.89. The van der Waals surface area contributed by atoms with Gasteiger partial charge in [0.2, 0.25) is 15.9 Å². The Morgan fingerprint density at radius 3 is 2.59 bits per heavy atom. The molecule has 0 saturated carbocycles. The van der Waals surface area contributed by atoms with Crippen LogP contribution >= 0.6 is 0 Å². The van der Waals surface area contributed by atoms with Gasteiger partial charge in [0.15, 0.2) is 0 Å². The number of amides is 1. The molecule has 0 bridgehead atoms. The zero-order valence-corrected chi connectivity index (χ0v) is 21.0. The topological polar surface area (TPSA) is 111 Å². The molecule has 0 radical (unpaired) electrons. The number of nitrogens with zero attached hydrogens (tertiary/aromatic N) is 3. The molecule has 1 amide bonds. The van der Waals surface area contributed by atoms with Gasteiger partial charge in [-0.25, -0.2) is 13.4 Å². The van der Waals surface area contributed by atoms with Crippen molar-refractivity contribution in [3.63, 3.8) is 0 Å². The van der Waals surface area contributed by atoms with Crippen LogP contribution in [0.15, 0.2) is 23.1 Å². The van der Waals surface area contributed by atoms with Gasteiger partial charge >= 0.3 is 5.97 Å². The van der Waals surface area contributed by atoms with E-state index in [1.807, 2.05) is 6.07 Å². The molecule has 1 saturated heterocycles. The van der Waals surface area contributed by atoms with Crippen molar-refractivity contribution in [3.05, 3.63) is 24.0 Å². The molecule has 2 aromatic rings. The van der Waals surface area contributed by atoms with Crippen molar-refractivity contribution < 1.29 is 22.7 Å². The molecule has 1 N–H and O–H groups in total. The fourth-order valence-electron chi connectivity index (χ4n) is 4.28. The van der Waals surface area contributed by atoms with Gasteiger partial charge in [0, 0.05) is 45.4 Å². The summed E-state index contributed by atoms with van der Waals surface area (Å²) in [7, 11) is -2.12. The van der Waals surface area contributed by atoms with Gasteiger partial charge in [-0.05, 0) is 50.3 Å². The molecular weight excluding hydrogens is 456 g/mol. The molecule has 10 heteroatoms. The van der Waals surface area contributed by atoms with Gasteiger partial charge in [-0.2, -0.15) is 4.31 Å². The fraction of sp³-hybridized carbons (Fsp3) is 0.625. The lowest BCUT2D eigenvalue weighted by atomic mass is 10.2. The number of hydrogen-bond donors (Lipinski definition) is 1. The molecule has 188 valence electrons. The fourth-order valence-corrected chi connectivity index (χ4v) is 5.81. The number of ether oxygens (including phenoxy) is 1. The minimum Gasteiger partial charge on any atom is -0.469 e. The van der Waals surface area contributed by atoms with Crippen molar-refractivity contribution in [1.29, 1.82) is 0 Å². The molecule has 0 unspecified atom stereocenters. The average molecular weight is 493 g/mol. The van der Waals surface area contributed by atoms with Crippen LogP contribution < -0.4 is 5.32 Å². The summed E-state index contributed by atoms with van der Waals surface area (Å²) in [5.41, 5.74) is 1.54. The van der Waals surface area contributed by atoms with Crippen LogP contribution in [0.4, 0.5) is 0 Å². The number of carbonyl (C=O) groups excluding carboxylic acids is 2. The number of aromatic nitrogens is 2. The third-order valence-corrected chi connectivity index (χ3v) is 8.03. The Bertz CT molecular complexity index is 1090. The van der Waals surface area contributed by atoms with E-state index in [1.54, 1.807) is 12.1 Å². The largest absolute Gasteiger partial charge is 0.469 e. The monoisotopic (exact) mass is 492 g/mol. The van der Waals surface area contributed by atoms with E-state index in [-0.39, 0.29) is 16.8 Å². The molecule has 1 fully saturated rings. The van der Waals surface area contributed by atoms with Crippen LogP contribution in [0.25, 0.3) is 11.0 Å². The Balaban J connectivity index is 1.60. The molecule has 3 rings (SSSR count). The molecule has 0 aliphatic carbocycles. The number of unbranched alkanes of at least 4 members (excludes halogenated alkanes) is 2. The lowest BCUT2D eigenvalue weighted by Crippen LogP contribution is -2.27. The Labute approximate surface area is 201 Å². The summed E-state index contributed by atoms with van der Waals surface area (Å²) in [5.74, 6) is 0.543. The van der Waals surface area contributed by atoms with E-state index in [9.17, 15) is 18.0 Å². The Morgan fingerprint density at radius 1 is 1.12 bits per heavy atom. The Hall–Kier alpha value is -2.46. The van der Waals surface area contributed by atoms with Crippen molar-refractivity contribution in [2.75, 3.05) is 26.7 Å². The number of aryl methyl sites for hydroxylation is 2.